The van der Waals surface area contributed by atoms with Crippen LogP contribution in [-0.2, 0) is 11.3 Å². The fraction of sp³-hybridized carbons (Fsp3) is 0.0667. The highest BCUT2D eigenvalue weighted by molar-refractivity contribution is 6.31. The van der Waals surface area contributed by atoms with Gasteiger partial charge in [-0.1, -0.05) is 29.8 Å². The minimum Gasteiger partial charge on any atom is -0.409 e. The molecule has 0 radical (unpaired) electrons. The molecule has 6 heteroatoms. The van der Waals surface area contributed by atoms with Crippen molar-refractivity contribution in [2.24, 2.45) is 0 Å². The summed E-state index contributed by atoms with van der Waals surface area (Å²) < 4.78 is 6.77. The molecule has 106 valence electrons. The largest absolute Gasteiger partial charge is 0.409 e. The fourth-order valence-electron chi connectivity index (χ4n) is 2.10. The molecular weight excluding hydrogens is 290 g/mol. The predicted octanol–water partition coefficient (Wildman–Crippen LogP) is 3.14. The van der Waals surface area contributed by atoms with Crippen molar-refractivity contribution in [2.45, 2.75) is 6.54 Å². The maximum atomic E-state index is 10.7. The highest BCUT2D eigenvalue weighted by Gasteiger charge is 2.10. The Hall–Kier alpha value is -2.53. The Morgan fingerprint density at radius 2 is 2.14 bits per heavy atom. The summed E-state index contributed by atoms with van der Waals surface area (Å²) in [5.41, 5.74) is 2.35. The normalized spacial score (nSPS) is 10.5. The molecule has 0 unspecified atom stereocenters. The van der Waals surface area contributed by atoms with E-state index >= 15 is 0 Å². The average molecular weight is 302 g/mol. The van der Waals surface area contributed by atoms with Gasteiger partial charge in [0.1, 0.15) is 5.65 Å². The quantitative estimate of drug-likeness (QED) is 0.736. The molecule has 0 saturated heterocycles. The van der Waals surface area contributed by atoms with Crippen LogP contribution in [0, 0.1) is 0 Å². The number of carbonyl (C=O) groups is 1. The van der Waals surface area contributed by atoms with Crippen molar-refractivity contribution in [3.05, 3.63) is 59.4 Å². The van der Waals surface area contributed by atoms with E-state index in [0.29, 0.717) is 35.3 Å². The van der Waals surface area contributed by atoms with Crippen molar-refractivity contribution in [1.29, 1.82) is 0 Å². The van der Waals surface area contributed by atoms with Gasteiger partial charge in [-0.15, -0.1) is 0 Å². The summed E-state index contributed by atoms with van der Waals surface area (Å²) in [6.07, 6.45) is 3.37. The van der Waals surface area contributed by atoms with Gasteiger partial charge in [0.25, 0.3) is 6.47 Å². The number of carbonyl (C=O) groups excluding carboxylic acids is 1. The molecule has 1 aromatic carbocycles. The summed E-state index contributed by atoms with van der Waals surface area (Å²) in [6.45, 7) is 0.921. The van der Waals surface area contributed by atoms with Crippen LogP contribution in [-0.4, -0.2) is 15.9 Å². The van der Waals surface area contributed by atoms with Crippen LogP contribution in [0.5, 0.6) is 5.88 Å². The lowest BCUT2D eigenvalue weighted by Gasteiger charge is -2.12. The number of hydrogen-bond donors (Lipinski definition) is 1. The molecule has 3 aromatic rings. The number of nitrogens with one attached hydrogen (secondary N) is 1. The third kappa shape index (κ3) is 2.68. The highest BCUT2D eigenvalue weighted by atomic mass is 35.5. The van der Waals surface area contributed by atoms with Crippen LogP contribution >= 0.6 is 11.6 Å². The first-order valence-corrected chi connectivity index (χ1v) is 6.71. The molecule has 2 heterocycles. The first-order chi connectivity index (χ1) is 10.3. The highest BCUT2D eigenvalue weighted by Crippen LogP contribution is 2.26. The van der Waals surface area contributed by atoms with Crippen molar-refractivity contribution >= 4 is 29.4 Å². The number of rotatable bonds is 5. The number of fused-ring (bicyclic) bond motifs is 1. The molecule has 0 saturated carbocycles. The van der Waals surface area contributed by atoms with E-state index in [1.165, 1.54) is 0 Å². The summed E-state index contributed by atoms with van der Waals surface area (Å²) >= 11 is 6.13. The molecule has 0 spiro atoms. The van der Waals surface area contributed by atoms with Gasteiger partial charge in [-0.25, -0.2) is 4.98 Å². The van der Waals surface area contributed by atoms with E-state index in [2.05, 4.69) is 10.3 Å². The van der Waals surface area contributed by atoms with E-state index in [4.69, 9.17) is 16.3 Å². The fourth-order valence-corrected chi connectivity index (χ4v) is 2.30. The van der Waals surface area contributed by atoms with Gasteiger partial charge in [0.05, 0.1) is 5.69 Å². The average Bonchev–Trinajstić information content (AvgIpc) is 2.97. The van der Waals surface area contributed by atoms with E-state index in [9.17, 15) is 4.79 Å². The van der Waals surface area contributed by atoms with Crippen LogP contribution in [0.15, 0.2) is 48.8 Å². The summed E-state index contributed by atoms with van der Waals surface area (Å²) in [5.74, 6) is 0.395. The number of pyridine rings is 1. The van der Waals surface area contributed by atoms with Crippen molar-refractivity contribution in [1.82, 2.24) is 9.38 Å². The summed E-state index contributed by atoms with van der Waals surface area (Å²) in [5, 5.41) is 3.91. The molecule has 0 bridgehead atoms. The minimum atomic E-state index is 0.395. The molecule has 2 aromatic heterocycles. The van der Waals surface area contributed by atoms with Crippen LogP contribution < -0.4 is 10.1 Å². The van der Waals surface area contributed by atoms with Crippen LogP contribution in [0.25, 0.3) is 5.65 Å². The van der Waals surface area contributed by atoms with Crippen molar-refractivity contribution in [3.8, 4) is 5.88 Å². The summed E-state index contributed by atoms with van der Waals surface area (Å²) in [4.78, 5) is 14.9. The van der Waals surface area contributed by atoms with Crippen LogP contribution in [0.1, 0.15) is 5.56 Å². The number of benzene rings is 1. The Kier molecular flexibility index (Phi) is 3.75. The lowest BCUT2D eigenvalue weighted by molar-refractivity contribution is -0.120. The molecule has 0 aliphatic carbocycles. The Labute approximate surface area is 126 Å². The number of hydrogen-bond acceptors (Lipinski definition) is 4. The zero-order valence-corrected chi connectivity index (χ0v) is 11.7. The van der Waals surface area contributed by atoms with Gasteiger partial charge < -0.3 is 10.1 Å². The predicted molar refractivity (Wildman–Crippen MR) is 80.7 cm³/mol. The number of ether oxygens (including phenoxy) is 1. The molecule has 0 aliphatic rings. The minimum absolute atomic E-state index is 0.395. The maximum absolute atomic E-state index is 10.7. The second kappa shape index (κ2) is 5.85. The molecule has 0 aliphatic heterocycles. The van der Waals surface area contributed by atoms with E-state index in [1.807, 2.05) is 36.4 Å². The first-order valence-electron chi connectivity index (χ1n) is 6.33. The van der Waals surface area contributed by atoms with Gasteiger partial charge in [0.15, 0.2) is 0 Å². The SMILES string of the molecule is O=COc1c(NCc2ccccc2Cl)ccc2nccn12. The number of anilines is 1. The third-order valence-electron chi connectivity index (χ3n) is 3.10. The summed E-state index contributed by atoms with van der Waals surface area (Å²) in [7, 11) is 0. The maximum Gasteiger partial charge on any atom is 0.299 e. The zero-order valence-electron chi connectivity index (χ0n) is 11.0. The zero-order chi connectivity index (χ0) is 14.7. The van der Waals surface area contributed by atoms with E-state index in [-0.39, 0.29) is 0 Å². The van der Waals surface area contributed by atoms with Gasteiger partial charge >= 0.3 is 0 Å². The third-order valence-corrected chi connectivity index (χ3v) is 3.47. The standard InChI is InChI=1S/C15H12ClN3O2/c16-12-4-2-1-3-11(12)9-18-13-5-6-14-17-7-8-19(14)15(13)21-10-20/h1-8,10,18H,9H2. The van der Waals surface area contributed by atoms with Crippen LogP contribution in [0.4, 0.5) is 5.69 Å². The molecule has 3 rings (SSSR count). The van der Waals surface area contributed by atoms with Crippen molar-refractivity contribution in [3.63, 3.8) is 0 Å². The van der Waals surface area contributed by atoms with Crippen molar-refractivity contribution in [2.75, 3.05) is 5.32 Å². The molecular formula is C15H12ClN3O2. The van der Waals surface area contributed by atoms with E-state index in [1.54, 1.807) is 16.8 Å². The Morgan fingerprint density at radius 3 is 2.95 bits per heavy atom. The monoisotopic (exact) mass is 301 g/mol. The second-order valence-electron chi connectivity index (χ2n) is 4.37. The van der Waals surface area contributed by atoms with Gasteiger partial charge in [-0.3, -0.25) is 9.20 Å². The van der Waals surface area contributed by atoms with E-state index in [0.717, 1.165) is 5.56 Å². The van der Waals surface area contributed by atoms with Crippen LogP contribution in [0.2, 0.25) is 5.02 Å². The van der Waals surface area contributed by atoms with Crippen molar-refractivity contribution < 1.29 is 9.53 Å². The first kappa shape index (κ1) is 13.5. The second-order valence-corrected chi connectivity index (χ2v) is 4.77. The van der Waals surface area contributed by atoms with Gasteiger partial charge in [-0.2, -0.15) is 0 Å². The van der Waals surface area contributed by atoms with Gasteiger partial charge in [0, 0.05) is 24.0 Å². The number of aromatic nitrogens is 2. The molecule has 1 N–H and O–H groups in total. The number of nitrogens with zero attached hydrogens (tertiary/aromatic N) is 2. The lowest BCUT2D eigenvalue weighted by Crippen LogP contribution is -2.05. The molecule has 5 nitrogen and oxygen atoms in total. The Bertz CT molecular complexity index is 785. The molecule has 0 atom stereocenters. The Balaban J connectivity index is 1.91. The number of halogens is 1. The Morgan fingerprint density at radius 1 is 1.29 bits per heavy atom. The van der Waals surface area contributed by atoms with Gasteiger partial charge in [0.2, 0.25) is 5.88 Å². The topological polar surface area (TPSA) is 55.6 Å². The smallest absolute Gasteiger partial charge is 0.299 e. The molecule has 0 amide bonds. The number of imidazole rings is 1. The molecule has 0 fully saturated rings. The van der Waals surface area contributed by atoms with Gasteiger partial charge in [-0.05, 0) is 23.8 Å². The van der Waals surface area contributed by atoms with E-state index < -0.39 is 0 Å². The lowest BCUT2D eigenvalue weighted by atomic mass is 10.2. The molecule has 21 heavy (non-hydrogen) atoms. The summed E-state index contributed by atoms with van der Waals surface area (Å²) in [6, 6.07) is 11.2. The van der Waals surface area contributed by atoms with Crippen LogP contribution in [0.3, 0.4) is 0 Å².